The van der Waals surface area contributed by atoms with E-state index in [1.165, 1.54) is 0 Å². The van der Waals surface area contributed by atoms with E-state index < -0.39 is 0 Å². The summed E-state index contributed by atoms with van der Waals surface area (Å²) in [6.45, 7) is 6.27. The molecular formula is C18H19BrClN5O. The van der Waals surface area contributed by atoms with Crippen LogP contribution >= 0.6 is 27.5 Å². The molecule has 0 saturated carbocycles. The third kappa shape index (κ3) is 3.54. The number of carbonyl (C=O) groups excluding carboxylic acids is 1. The molecule has 3 aromatic rings. The smallest absolute Gasteiger partial charge is 0.275 e. The topological polar surface area (TPSA) is 64.7 Å². The monoisotopic (exact) mass is 435 g/mol. The van der Waals surface area contributed by atoms with Crippen molar-refractivity contribution in [1.82, 2.24) is 19.6 Å². The zero-order chi connectivity index (χ0) is 19.0. The third-order valence-corrected chi connectivity index (χ3v) is 5.43. The van der Waals surface area contributed by atoms with Crippen LogP contribution in [0.15, 0.2) is 28.7 Å². The number of aromatic nitrogens is 4. The fraction of sp³-hybridized carbons (Fsp3) is 0.278. The van der Waals surface area contributed by atoms with Crippen molar-refractivity contribution in [2.24, 2.45) is 7.05 Å². The number of nitrogens with zero attached hydrogens (tertiary/aromatic N) is 4. The van der Waals surface area contributed by atoms with Gasteiger partial charge in [0.25, 0.3) is 5.91 Å². The number of rotatable bonds is 4. The van der Waals surface area contributed by atoms with E-state index in [1.807, 2.05) is 49.7 Å². The van der Waals surface area contributed by atoms with Gasteiger partial charge in [-0.15, -0.1) is 0 Å². The molecule has 8 heteroatoms. The minimum absolute atomic E-state index is 0.225. The van der Waals surface area contributed by atoms with Crippen LogP contribution in [-0.2, 0) is 13.6 Å². The van der Waals surface area contributed by atoms with Gasteiger partial charge in [-0.05, 0) is 54.4 Å². The number of aryl methyl sites for hydroxylation is 3. The Morgan fingerprint density at radius 2 is 1.81 bits per heavy atom. The minimum atomic E-state index is -0.225. The largest absolute Gasteiger partial charge is 0.317 e. The molecule has 0 atom stereocenters. The van der Waals surface area contributed by atoms with Crippen molar-refractivity contribution in [3.8, 4) is 0 Å². The summed E-state index contributed by atoms with van der Waals surface area (Å²) in [5, 5.41) is 12.5. The first-order valence-corrected chi connectivity index (χ1v) is 9.24. The van der Waals surface area contributed by atoms with Crippen LogP contribution in [0.1, 0.15) is 33.1 Å². The molecule has 0 unspecified atom stereocenters. The Morgan fingerprint density at radius 1 is 1.15 bits per heavy atom. The second-order valence-electron chi connectivity index (χ2n) is 6.16. The Balaban J connectivity index is 1.86. The normalized spacial score (nSPS) is 11.0. The van der Waals surface area contributed by atoms with Crippen molar-refractivity contribution < 1.29 is 4.79 Å². The van der Waals surface area contributed by atoms with Gasteiger partial charge >= 0.3 is 0 Å². The predicted molar refractivity (Wildman–Crippen MR) is 106 cm³/mol. The summed E-state index contributed by atoms with van der Waals surface area (Å²) < 4.78 is 4.14. The van der Waals surface area contributed by atoms with Crippen LogP contribution in [0.5, 0.6) is 0 Å². The molecule has 0 aliphatic carbocycles. The van der Waals surface area contributed by atoms with Crippen LogP contribution in [0.2, 0.25) is 5.02 Å². The van der Waals surface area contributed by atoms with Gasteiger partial charge < -0.3 is 5.32 Å². The fourth-order valence-corrected chi connectivity index (χ4v) is 3.49. The van der Waals surface area contributed by atoms with Crippen LogP contribution in [0.3, 0.4) is 0 Å². The van der Waals surface area contributed by atoms with Gasteiger partial charge in [0, 0.05) is 12.1 Å². The first-order chi connectivity index (χ1) is 12.3. The molecule has 0 radical (unpaired) electrons. The summed E-state index contributed by atoms with van der Waals surface area (Å²) >= 11 is 9.37. The Hall–Kier alpha value is -2.12. The SMILES string of the molecule is Cc1nn(C)c(C(=O)Nc2c(C)nn(Cc3ccc(Cl)cc3)c2C)c1Br. The summed E-state index contributed by atoms with van der Waals surface area (Å²) in [5.41, 5.74) is 4.70. The van der Waals surface area contributed by atoms with E-state index in [0.29, 0.717) is 21.7 Å². The van der Waals surface area contributed by atoms with Crippen molar-refractivity contribution in [1.29, 1.82) is 0 Å². The van der Waals surface area contributed by atoms with E-state index in [1.54, 1.807) is 11.7 Å². The number of nitrogens with one attached hydrogen (secondary N) is 1. The second kappa shape index (κ2) is 7.25. The molecule has 0 saturated heterocycles. The van der Waals surface area contributed by atoms with Crippen LogP contribution in [0.25, 0.3) is 0 Å². The summed E-state index contributed by atoms with van der Waals surface area (Å²) in [6, 6.07) is 7.64. The first kappa shape index (κ1) is 18.7. The first-order valence-electron chi connectivity index (χ1n) is 8.06. The number of halogens is 2. The number of hydrogen-bond acceptors (Lipinski definition) is 3. The van der Waals surface area contributed by atoms with E-state index in [-0.39, 0.29) is 5.91 Å². The third-order valence-electron chi connectivity index (χ3n) is 4.23. The van der Waals surface area contributed by atoms with Gasteiger partial charge in [0.1, 0.15) is 5.69 Å². The number of benzene rings is 1. The van der Waals surface area contributed by atoms with Crippen molar-refractivity contribution >= 4 is 39.1 Å². The maximum Gasteiger partial charge on any atom is 0.275 e. The van der Waals surface area contributed by atoms with Gasteiger partial charge in [0.05, 0.1) is 33.8 Å². The summed E-state index contributed by atoms with van der Waals surface area (Å²) in [4.78, 5) is 12.7. The number of anilines is 1. The highest BCUT2D eigenvalue weighted by Crippen LogP contribution is 2.25. The van der Waals surface area contributed by atoms with Gasteiger partial charge in [-0.2, -0.15) is 10.2 Å². The van der Waals surface area contributed by atoms with Crippen LogP contribution in [0, 0.1) is 20.8 Å². The Labute approximate surface area is 165 Å². The van der Waals surface area contributed by atoms with Gasteiger partial charge in [-0.3, -0.25) is 14.2 Å². The zero-order valence-corrected chi connectivity index (χ0v) is 17.3. The molecule has 1 amide bonds. The highest BCUT2D eigenvalue weighted by molar-refractivity contribution is 9.10. The zero-order valence-electron chi connectivity index (χ0n) is 15.0. The van der Waals surface area contributed by atoms with Crippen LogP contribution < -0.4 is 5.32 Å². The number of amides is 1. The maximum atomic E-state index is 12.7. The molecule has 136 valence electrons. The summed E-state index contributed by atoms with van der Waals surface area (Å²) in [6.07, 6.45) is 0. The number of hydrogen-bond donors (Lipinski definition) is 1. The quantitative estimate of drug-likeness (QED) is 0.664. The lowest BCUT2D eigenvalue weighted by molar-refractivity contribution is 0.101. The fourth-order valence-electron chi connectivity index (χ4n) is 2.85. The lowest BCUT2D eigenvalue weighted by Crippen LogP contribution is -2.17. The van der Waals surface area contributed by atoms with Crippen molar-refractivity contribution in [3.63, 3.8) is 0 Å². The van der Waals surface area contributed by atoms with E-state index in [9.17, 15) is 4.79 Å². The van der Waals surface area contributed by atoms with Gasteiger partial charge in [-0.1, -0.05) is 23.7 Å². The molecule has 26 heavy (non-hydrogen) atoms. The molecule has 3 rings (SSSR count). The molecular weight excluding hydrogens is 418 g/mol. The lowest BCUT2D eigenvalue weighted by atomic mass is 10.2. The Bertz CT molecular complexity index is 975. The van der Waals surface area contributed by atoms with Gasteiger partial charge in [0.15, 0.2) is 0 Å². The molecule has 0 fully saturated rings. The molecule has 1 N–H and O–H groups in total. The molecule has 2 aromatic heterocycles. The minimum Gasteiger partial charge on any atom is -0.317 e. The average molecular weight is 437 g/mol. The molecule has 0 bridgehead atoms. The molecule has 0 aliphatic rings. The van der Waals surface area contributed by atoms with E-state index in [2.05, 4.69) is 31.4 Å². The van der Waals surface area contributed by atoms with Crippen molar-refractivity contribution in [2.45, 2.75) is 27.3 Å². The summed E-state index contributed by atoms with van der Waals surface area (Å²) in [7, 11) is 1.75. The Kier molecular flexibility index (Phi) is 5.20. The highest BCUT2D eigenvalue weighted by Gasteiger charge is 2.21. The van der Waals surface area contributed by atoms with Crippen LogP contribution in [0.4, 0.5) is 5.69 Å². The average Bonchev–Trinajstić information content (AvgIpc) is 2.99. The molecule has 1 aromatic carbocycles. The Morgan fingerprint density at radius 3 is 2.38 bits per heavy atom. The summed E-state index contributed by atoms with van der Waals surface area (Å²) in [5.74, 6) is -0.225. The van der Waals surface area contributed by atoms with Crippen molar-refractivity contribution in [2.75, 3.05) is 5.32 Å². The lowest BCUT2D eigenvalue weighted by Gasteiger charge is -2.08. The molecule has 6 nitrogen and oxygen atoms in total. The molecule has 2 heterocycles. The standard InChI is InChI=1S/C18H19BrClN5O/c1-10-15(19)17(24(4)22-10)18(26)21-16-11(2)23-25(12(16)3)9-13-5-7-14(20)8-6-13/h5-8H,9H2,1-4H3,(H,21,26). The van der Waals surface area contributed by atoms with E-state index >= 15 is 0 Å². The van der Waals surface area contributed by atoms with Crippen molar-refractivity contribution in [3.05, 3.63) is 62.1 Å². The van der Waals surface area contributed by atoms with Gasteiger partial charge in [0.2, 0.25) is 0 Å². The number of carbonyl (C=O) groups is 1. The predicted octanol–water partition coefficient (Wildman–Crippen LogP) is 4.26. The van der Waals surface area contributed by atoms with Crippen LogP contribution in [-0.4, -0.2) is 25.5 Å². The highest BCUT2D eigenvalue weighted by atomic mass is 79.9. The van der Waals surface area contributed by atoms with Gasteiger partial charge in [-0.25, -0.2) is 0 Å². The molecule has 0 spiro atoms. The van der Waals surface area contributed by atoms with E-state index in [4.69, 9.17) is 11.6 Å². The maximum absolute atomic E-state index is 12.7. The van der Waals surface area contributed by atoms with E-state index in [0.717, 1.165) is 28.3 Å². The second-order valence-corrected chi connectivity index (χ2v) is 7.39. The molecule has 0 aliphatic heterocycles.